The molecule has 140 valence electrons. The number of Topliss-reactive ketones (excluding diaryl/α,β-unsaturated/α-hetero) is 1. The number of carbonyl (C=O) groups excluding carboxylic acids is 1. The SMILES string of the molecule is Br.CN1C=CN(CC(=O)c2cc(C(C)(C)C)c(O)c(C(C)(C)C)c2)C1. The molecule has 0 radical (unpaired) electrons. The number of hydrogen-bond acceptors (Lipinski definition) is 4. The number of ketones is 1. The predicted molar refractivity (Wildman–Crippen MR) is 109 cm³/mol. The Morgan fingerprint density at radius 3 is 1.88 bits per heavy atom. The Labute approximate surface area is 162 Å². The van der Waals surface area contributed by atoms with Gasteiger partial charge >= 0.3 is 0 Å². The number of phenols is 1. The van der Waals surface area contributed by atoms with Gasteiger partial charge in [-0.25, -0.2) is 0 Å². The molecule has 1 heterocycles. The van der Waals surface area contributed by atoms with E-state index in [1.54, 1.807) is 0 Å². The fraction of sp³-hybridized carbons (Fsp3) is 0.550. The first-order valence-corrected chi connectivity index (χ1v) is 8.43. The van der Waals surface area contributed by atoms with Crippen LogP contribution in [0, 0.1) is 0 Å². The Balaban J connectivity index is 0.00000312. The van der Waals surface area contributed by atoms with E-state index in [-0.39, 0.29) is 33.6 Å². The Morgan fingerprint density at radius 1 is 1.04 bits per heavy atom. The van der Waals surface area contributed by atoms with Crippen LogP contribution in [0.4, 0.5) is 0 Å². The molecule has 1 aromatic rings. The van der Waals surface area contributed by atoms with E-state index in [2.05, 4.69) is 41.5 Å². The molecule has 2 rings (SSSR count). The van der Waals surface area contributed by atoms with Crippen molar-refractivity contribution < 1.29 is 9.90 Å². The highest BCUT2D eigenvalue weighted by atomic mass is 79.9. The lowest BCUT2D eigenvalue weighted by Gasteiger charge is -2.28. The molecule has 0 atom stereocenters. The van der Waals surface area contributed by atoms with E-state index in [1.165, 1.54) is 0 Å². The minimum absolute atomic E-state index is 0. The molecule has 0 unspecified atom stereocenters. The zero-order valence-electron chi connectivity index (χ0n) is 16.4. The Hall–Kier alpha value is -1.49. The van der Waals surface area contributed by atoms with Gasteiger partial charge in [0.05, 0.1) is 13.2 Å². The highest BCUT2D eigenvalue weighted by Crippen LogP contribution is 2.39. The van der Waals surface area contributed by atoms with Crippen molar-refractivity contribution in [2.45, 2.75) is 52.4 Å². The zero-order valence-corrected chi connectivity index (χ0v) is 18.1. The van der Waals surface area contributed by atoms with Gasteiger partial charge in [-0.2, -0.15) is 0 Å². The Kier molecular flexibility index (Phi) is 6.38. The number of aromatic hydroxyl groups is 1. The van der Waals surface area contributed by atoms with Gasteiger partial charge < -0.3 is 14.9 Å². The minimum Gasteiger partial charge on any atom is -0.507 e. The molecule has 0 spiro atoms. The molecule has 0 aliphatic carbocycles. The van der Waals surface area contributed by atoms with Gasteiger partial charge in [-0.3, -0.25) is 4.79 Å². The molecule has 4 nitrogen and oxygen atoms in total. The fourth-order valence-corrected chi connectivity index (χ4v) is 2.91. The highest BCUT2D eigenvalue weighted by Gasteiger charge is 2.28. The number of halogens is 1. The summed E-state index contributed by atoms with van der Waals surface area (Å²) in [7, 11) is 1.98. The van der Waals surface area contributed by atoms with E-state index >= 15 is 0 Å². The molecule has 0 amide bonds. The smallest absolute Gasteiger partial charge is 0.182 e. The summed E-state index contributed by atoms with van der Waals surface area (Å²) in [4.78, 5) is 16.8. The molecule has 25 heavy (non-hydrogen) atoms. The predicted octanol–water partition coefficient (Wildman–Crippen LogP) is 4.42. The summed E-state index contributed by atoms with van der Waals surface area (Å²) < 4.78 is 0. The van der Waals surface area contributed by atoms with Gasteiger partial charge in [0, 0.05) is 36.1 Å². The van der Waals surface area contributed by atoms with Gasteiger partial charge in [-0.15, -0.1) is 17.0 Å². The average molecular weight is 411 g/mol. The quantitative estimate of drug-likeness (QED) is 0.748. The number of carbonyl (C=O) groups is 1. The van der Waals surface area contributed by atoms with Gasteiger partial charge in [-0.1, -0.05) is 41.5 Å². The largest absolute Gasteiger partial charge is 0.507 e. The van der Waals surface area contributed by atoms with E-state index < -0.39 is 0 Å². The van der Waals surface area contributed by atoms with Crippen molar-refractivity contribution in [1.82, 2.24) is 9.80 Å². The van der Waals surface area contributed by atoms with Crippen molar-refractivity contribution in [3.05, 3.63) is 41.2 Å². The molecule has 0 saturated carbocycles. The van der Waals surface area contributed by atoms with Crippen LogP contribution in [0.25, 0.3) is 0 Å². The van der Waals surface area contributed by atoms with Gasteiger partial charge in [0.2, 0.25) is 0 Å². The maximum absolute atomic E-state index is 12.8. The highest BCUT2D eigenvalue weighted by molar-refractivity contribution is 8.93. The van der Waals surface area contributed by atoms with Crippen molar-refractivity contribution in [2.24, 2.45) is 0 Å². The second kappa shape index (κ2) is 7.40. The normalized spacial score (nSPS) is 14.7. The monoisotopic (exact) mass is 410 g/mol. The van der Waals surface area contributed by atoms with Crippen molar-refractivity contribution in [2.75, 3.05) is 20.3 Å². The number of benzene rings is 1. The Morgan fingerprint density at radius 2 is 1.52 bits per heavy atom. The number of nitrogens with zero attached hydrogens (tertiary/aromatic N) is 2. The van der Waals surface area contributed by atoms with Crippen LogP contribution < -0.4 is 0 Å². The zero-order chi connectivity index (χ0) is 18.3. The second-order valence-electron chi connectivity index (χ2n) is 8.79. The Bertz CT molecular complexity index is 634. The van der Waals surface area contributed by atoms with Gasteiger partial charge in [0.15, 0.2) is 5.78 Å². The fourth-order valence-electron chi connectivity index (χ4n) is 2.91. The van der Waals surface area contributed by atoms with Crippen LogP contribution in [-0.2, 0) is 10.8 Å². The minimum atomic E-state index is -0.228. The van der Waals surface area contributed by atoms with Crippen LogP contribution in [0.5, 0.6) is 5.75 Å². The third-order valence-electron chi connectivity index (χ3n) is 4.33. The summed E-state index contributed by atoms with van der Waals surface area (Å²) in [5, 5.41) is 10.7. The van der Waals surface area contributed by atoms with Crippen molar-refractivity contribution in [3.63, 3.8) is 0 Å². The number of phenolic OH excluding ortho intramolecular Hbond substituents is 1. The lowest BCUT2D eigenvalue weighted by atomic mass is 9.78. The average Bonchev–Trinajstić information content (AvgIpc) is 2.81. The van der Waals surface area contributed by atoms with E-state index in [9.17, 15) is 9.90 Å². The van der Waals surface area contributed by atoms with Gasteiger partial charge in [0.1, 0.15) is 5.75 Å². The summed E-state index contributed by atoms with van der Waals surface area (Å²) in [6, 6.07) is 3.72. The maximum atomic E-state index is 12.8. The van der Waals surface area contributed by atoms with Crippen LogP contribution in [0.15, 0.2) is 24.5 Å². The molecular formula is C20H31BrN2O2. The second-order valence-corrected chi connectivity index (χ2v) is 8.79. The van der Waals surface area contributed by atoms with E-state index in [0.29, 0.717) is 17.9 Å². The first-order valence-electron chi connectivity index (χ1n) is 8.43. The van der Waals surface area contributed by atoms with E-state index in [0.717, 1.165) is 17.8 Å². The summed E-state index contributed by atoms with van der Waals surface area (Å²) in [5.74, 6) is 0.387. The molecule has 1 N–H and O–H groups in total. The molecule has 0 aromatic heterocycles. The van der Waals surface area contributed by atoms with Crippen LogP contribution in [0.1, 0.15) is 63.0 Å². The van der Waals surface area contributed by atoms with E-state index in [1.807, 2.05) is 41.4 Å². The van der Waals surface area contributed by atoms with Crippen LogP contribution in [0.2, 0.25) is 0 Å². The third kappa shape index (κ3) is 5.00. The topological polar surface area (TPSA) is 43.8 Å². The third-order valence-corrected chi connectivity index (χ3v) is 4.33. The summed E-state index contributed by atoms with van der Waals surface area (Å²) >= 11 is 0. The lowest BCUT2D eigenvalue weighted by molar-refractivity contribution is 0.0948. The van der Waals surface area contributed by atoms with Gasteiger partial charge in [-0.05, 0) is 23.0 Å². The standard InChI is InChI=1S/C20H30N2O2.BrH/c1-19(2,3)15-10-14(11-16(18(15)24)20(4,5)6)17(23)12-22-9-8-21(7)13-22;/h8-11,24H,12-13H2,1-7H3;1H. The first kappa shape index (κ1) is 21.6. The molecular weight excluding hydrogens is 380 g/mol. The maximum Gasteiger partial charge on any atom is 0.182 e. The summed E-state index contributed by atoms with van der Waals surface area (Å²) in [6.07, 6.45) is 3.90. The number of hydrogen-bond donors (Lipinski definition) is 1. The summed E-state index contributed by atoms with van der Waals surface area (Å²) in [5.41, 5.74) is 1.87. The van der Waals surface area contributed by atoms with Crippen LogP contribution >= 0.6 is 17.0 Å². The van der Waals surface area contributed by atoms with Crippen molar-refractivity contribution >= 4 is 22.8 Å². The molecule has 0 bridgehead atoms. The molecule has 5 heteroatoms. The van der Waals surface area contributed by atoms with Crippen molar-refractivity contribution in [3.8, 4) is 5.75 Å². The molecule has 1 aromatic carbocycles. The molecule has 0 saturated heterocycles. The summed E-state index contributed by atoms with van der Waals surface area (Å²) in [6.45, 7) is 13.4. The van der Waals surface area contributed by atoms with Crippen molar-refractivity contribution in [1.29, 1.82) is 0 Å². The van der Waals surface area contributed by atoms with Crippen LogP contribution in [-0.4, -0.2) is 41.0 Å². The molecule has 0 fully saturated rings. The number of rotatable bonds is 3. The lowest BCUT2D eigenvalue weighted by Crippen LogP contribution is -2.28. The molecule has 1 aliphatic heterocycles. The van der Waals surface area contributed by atoms with E-state index in [4.69, 9.17) is 0 Å². The van der Waals surface area contributed by atoms with Gasteiger partial charge in [0.25, 0.3) is 0 Å². The molecule has 1 aliphatic rings. The van der Waals surface area contributed by atoms with Crippen LogP contribution in [0.3, 0.4) is 0 Å². The first-order chi connectivity index (χ1) is 10.9.